The van der Waals surface area contributed by atoms with Crippen molar-refractivity contribution in [2.75, 3.05) is 7.11 Å². The van der Waals surface area contributed by atoms with Crippen LogP contribution in [0, 0.1) is 0 Å². The Morgan fingerprint density at radius 1 is 1.00 bits per heavy atom. The summed E-state index contributed by atoms with van der Waals surface area (Å²) in [7, 11) is 1.67. The fourth-order valence-corrected chi connectivity index (χ4v) is 2.34. The number of hydrogen-bond acceptors (Lipinski definition) is 2. The summed E-state index contributed by atoms with van der Waals surface area (Å²) in [5.74, 6) is 1.03. The number of aryl methyl sites for hydroxylation is 1. The molecule has 0 saturated carbocycles. The van der Waals surface area contributed by atoms with Crippen LogP contribution in [0.15, 0.2) is 54.6 Å². The van der Waals surface area contributed by atoms with Gasteiger partial charge in [-0.3, -0.25) is 0 Å². The second-order valence-corrected chi connectivity index (χ2v) is 5.15. The third kappa shape index (κ3) is 3.84. The standard InChI is InChI=1S/C18H22O2/c1-14(16-6-4-3-5-7-16)18(19)13-10-15-8-11-17(20-2)12-9-15/h3-9,11-12,14,18-19H,10,13H2,1-2H3. The third-order valence-electron chi connectivity index (χ3n) is 3.79. The van der Waals surface area contributed by atoms with Crippen molar-refractivity contribution in [3.05, 3.63) is 65.7 Å². The molecule has 2 aromatic carbocycles. The SMILES string of the molecule is COc1ccc(CCC(O)C(C)c2ccccc2)cc1. The minimum atomic E-state index is -0.320. The zero-order valence-electron chi connectivity index (χ0n) is 12.1. The van der Waals surface area contributed by atoms with Crippen molar-refractivity contribution in [1.29, 1.82) is 0 Å². The predicted octanol–water partition coefficient (Wildman–Crippen LogP) is 3.79. The molecule has 2 heteroatoms. The van der Waals surface area contributed by atoms with E-state index in [0.29, 0.717) is 0 Å². The molecule has 0 radical (unpaired) electrons. The lowest BCUT2D eigenvalue weighted by atomic mass is 9.91. The minimum absolute atomic E-state index is 0.162. The van der Waals surface area contributed by atoms with Crippen LogP contribution in [0.4, 0.5) is 0 Å². The van der Waals surface area contributed by atoms with Crippen LogP contribution in [0.25, 0.3) is 0 Å². The molecule has 0 fully saturated rings. The van der Waals surface area contributed by atoms with Gasteiger partial charge in [0.05, 0.1) is 13.2 Å². The van der Waals surface area contributed by atoms with Crippen molar-refractivity contribution < 1.29 is 9.84 Å². The first-order chi connectivity index (χ1) is 9.70. The zero-order chi connectivity index (χ0) is 14.4. The van der Waals surface area contributed by atoms with Crippen molar-refractivity contribution in [3.63, 3.8) is 0 Å². The van der Waals surface area contributed by atoms with E-state index in [1.54, 1.807) is 7.11 Å². The first-order valence-corrected chi connectivity index (χ1v) is 7.06. The van der Waals surface area contributed by atoms with Gasteiger partial charge in [-0.2, -0.15) is 0 Å². The van der Waals surface area contributed by atoms with Crippen LogP contribution in [0.3, 0.4) is 0 Å². The number of benzene rings is 2. The van der Waals surface area contributed by atoms with Crippen LogP contribution in [0.5, 0.6) is 5.75 Å². The average molecular weight is 270 g/mol. The monoisotopic (exact) mass is 270 g/mol. The molecule has 0 bridgehead atoms. The van der Waals surface area contributed by atoms with E-state index >= 15 is 0 Å². The number of hydrogen-bond donors (Lipinski definition) is 1. The molecule has 106 valence electrons. The van der Waals surface area contributed by atoms with E-state index in [4.69, 9.17) is 4.74 Å². The van der Waals surface area contributed by atoms with E-state index in [9.17, 15) is 5.11 Å². The molecule has 2 unspecified atom stereocenters. The van der Waals surface area contributed by atoms with E-state index in [1.165, 1.54) is 11.1 Å². The maximum Gasteiger partial charge on any atom is 0.118 e. The number of aliphatic hydroxyl groups excluding tert-OH is 1. The number of ether oxygens (including phenoxy) is 1. The smallest absolute Gasteiger partial charge is 0.118 e. The highest BCUT2D eigenvalue weighted by Gasteiger charge is 2.15. The molecule has 1 N–H and O–H groups in total. The van der Waals surface area contributed by atoms with Gasteiger partial charge in [-0.15, -0.1) is 0 Å². The van der Waals surface area contributed by atoms with Gasteiger partial charge in [0.2, 0.25) is 0 Å². The van der Waals surface area contributed by atoms with E-state index in [-0.39, 0.29) is 12.0 Å². The molecular weight excluding hydrogens is 248 g/mol. The zero-order valence-corrected chi connectivity index (χ0v) is 12.1. The van der Waals surface area contributed by atoms with Crippen LogP contribution < -0.4 is 4.74 Å². The van der Waals surface area contributed by atoms with Gasteiger partial charge in [-0.25, -0.2) is 0 Å². The molecule has 2 rings (SSSR count). The van der Waals surface area contributed by atoms with Crippen LogP contribution >= 0.6 is 0 Å². The maximum absolute atomic E-state index is 10.3. The molecule has 0 amide bonds. The number of rotatable bonds is 6. The molecule has 2 nitrogen and oxygen atoms in total. The summed E-state index contributed by atoms with van der Waals surface area (Å²) in [5.41, 5.74) is 2.42. The van der Waals surface area contributed by atoms with Crippen LogP contribution in [-0.4, -0.2) is 18.3 Å². The molecular formula is C18H22O2. The largest absolute Gasteiger partial charge is 0.497 e. The Morgan fingerprint density at radius 3 is 2.25 bits per heavy atom. The summed E-state index contributed by atoms with van der Waals surface area (Å²) in [6.45, 7) is 2.08. The summed E-state index contributed by atoms with van der Waals surface area (Å²) in [6.07, 6.45) is 1.32. The Balaban J connectivity index is 1.89. The lowest BCUT2D eigenvalue weighted by molar-refractivity contribution is 0.140. The molecule has 0 heterocycles. The summed E-state index contributed by atoms with van der Waals surface area (Å²) in [6, 6.07) is 18.2. The first kappa shape index (κ1) is 14.6. The first-order valence-electron chi connectivity index (χ1n) is 7.06. The van der Waals surface area contributed by atoms with Crippen molar-refractivity contribution >= 4 is 0 Å². The highest BCUT2D eigenvalue weighted by atomic mass is 16.5. The van der Waals surface area contributed by atoms with Gasteiger partial charge in [-0.1, -0.05) is 49.4 Å². The molecule has 0 aromatic heterocycles. The maximum atomic E-state index is 10.3. The van der Waals surface area contributed by atoms with Gasteiger partial charge < -0.3 is 9.84 Å². The van der Waals surface area contributed by atoms with Crippen LogP contribution in [0.2, 0.25) is 0 Å². The van der Waals surface area contributed by atoms with Gasteiger partial charge in [0, 0.05) is 5.92 Å². The fourth-order valence-electron chi connectivity index (χ4n) is 2.34. The molecule has 0 aliphatic rings. The van der Waals surface area contributed by atoms with Crippen molar-refractivity contribution in [2.45, 2.75) is 31.8 Å². The van der Waals surface area contributed by atoms with Gasteiger partial charge in [-0.05, 0) is 36.1 Å². The molecule has 0 spiro atoms. The topological polar surface area (TPSA) is 29.5 Å². The fraction of sp³-hybridized carbons (Fsp3) is 0.333. The second-order valence-electron chi connectivity index (χ2n) is 5.15. The van der Waals surface area contributed by atoms with Crippen molar-refractivity contribution in [1.82, 2.24) is 0 Å². The van der Waals surface area contributed by atoms with Gasteiger partial charge in [0.1, 0.15) is 5.75 Å². The normalized spacial score (nSPS) is 13.8. The lowest BCUT2D eigenvalue weighted by Gasteiger charge is -2.19. The van der Waals surface area contributed by atoms with E-state index < -0.39 is 0 Å². The van der Waals surface area contributed by atoms with Crippen LogP contribution in [-0.2, 0) is 6.42 Å². The summed E-state index contributed by atoms with van der Waals surface area (Å²) in [5, 5.41) is 10.3. The molecule has 20 heavy (non-hydrogen) atoms. The highest BCUT2D eigenvalue weighted by Crippen LogP contribution is 2.22. The quantitative estimate of drug-likeness (QED) is 0.865. The third-order valence-corrected chi connectivity index (χ3v) is 3.79. The Morgan fingerprint density at radius 2 is 1.65 bits per heavy atom. The Labute approximate surface area is 121 Å². The summed E-state index contributed by atoms with van der Waals surface area (Å²) in [4.78, 5) is 0. The Hall–Kier alpha value is -1.80. The minimum Gasteiger partial charge on any atom is -0.497 e. The molecule has 2 atom stereocenters. The Bertz CT molecular complexity index is 505. The molecule has 0 aliphatic carbocycles. The highest BCUT2D eigenvalue weighted by molar-refractivity contribution is 5.27. The van der Waals surface area contributed by atoms with Crippen molar-refractivity contribution in [3.8, 4) is 5.75 Å². The van der Waals surface area contributed by atoms with Gasteiger partial charge in [0.15, 0.2) is 0 Å². The average Bonchev–Trinajstić information content (AvgIpc) is 2.53. The number of methoxy groups -OCH3 is 1. The predicted molar refractivity (Wildman–Crippen MR) is 82.2 cm³/mol. The molecule has 2 aromatic rings. The molecule has 0 aliphatic heterocycles. The van der Waals surface area contributed by atoms with Crippen molar-refractivity contribution in [2.24, 2.45) is 0 Å². The van der Waals surface area contributed by atoms with Gasteiger partial charge >= 0.3 is 0 Å². The Kier molecular flexibility index (Phi) is 5.19. The van der Waals surface area contributed by atoms with Gasteiger partial charge in [0.25, 0.3) is 0 Å². The van der Waals surface area contributed by atoms with E-state index in [2.05, 4.69) is 31.2 Å². The second kappa shape index (κ2) is 7.11. The van der Waals surface area contributed by atoms with E-state index in [1.807, 2.05) is 30.3 Å². The molecule has 0 saturated heterocycles. The van der Waals surface area contributed by atoms with Crippen LogP contribution in [0.1, 0.15) is 30.4 Å². The lowest BCUT2D eigenvalue weighted by Crippen LogP contribution is -2.16. The summed E-state index contributed by atoms with van der Waals surface area (Å²) >= 11 is 0. The summed E-state index contributed by atoms with van der Waals surface area (Å²) < 4.78 is 5.14. The number of aliphatic hydroxyl groups is 1. The van der Waals surface area contributed by atoms with E-state index in [0.717, 1.165) is 18.6 Å².